The van der Waals surface area contributed by atoms with Crippen molar-refractivity contribution in [2.45, 2.75) is 9.79 Å². The molecule has 3 aromatic rings. The van der Waals surface area contributed by atoms with E-state index in [0.29, 0.717) is 0 Å². The fourth-order valence-electron chi connectivity index (χ4n) is 3.89. The molecule has 0 saturated carbocycles. The molecule has 40 heavy (non-hydrogen) atoms. The zero-order chi connectivity index (χ0) is 28.0. The van der Waals surface area contributed by atoms with Crippen LogP contribution >= 0.6 is 10.8 Å². The molecule has 4 rings (SSSR count). The number of nitrogens with two attached hydrogens (primary N) is 1. The summed E-state index contributed by atoms with van der Waals surface area (Å²) in [4.78, 5) is 25.3. The third kappa shape index (κ3) is 7.65. The van der Waals surface area contributed by atoms with Crippen LogP contribution < -0.4 is 92.0 Å². The smallest absolute Gasteiger partial charge is 0.744 e. The van der Waals surface area contributed by atoms with Crippen LogP contribution in [0.25, 0.3) is 0 Å². The maximum absolute atomic E-state index is 13.4. The Kier molecular flexibility index (Phi) is 11.9. The van der Waals surface area contributed by atoms with E-state index in [1.165, 1.54) is 42.5 Å². The van der Waals surface area contributed by atoms with E-state index in [-0.39, 0.29) is 125 Å². The molecule has 0 atom stereocenters. The molecule has 200 valence electrons. The summed E-state index contributed by atoms with van der Waals surface area (Å²) in [5, 5.41) is 2.70. The van der Waals surface area contributed by atoms with E-state index in [4.69, 9.17) is 5.73 Å². The Hall–Kier alpha value is -0.644. The molecule has 0 bridgehead atoms. The quantitative estimate of drug-likeness (QED) is 0.0792. The van der Waals surface area contributed by atoms with Gasteiger partial charge in [-0.2, -0.15) is 0 Å². The number of carbonyl (C=O) groups is 2. The molecule has 18 heteroatoms. The molecule has 0 heterocycles. The molecule has 0 saturated heterocycles. The Morgan fingerprint density at radius 1 is 0.825 bits per heavy atom. The van der Waals surface area contributed by atoms with E-state index < -0.39 is 68.3 Å². The first-order chi connectivity index (χ1) is 17.6. The number of nitrogen functional groups attached to an aromatic ring is 1. The van der Waals surface area contributed by atoms with E-state index in [1.807, 2.05) is 0 Å². The van der Waals surface area contributed by atoms with Gasteiger partial charge in [-0.15, -0.1) is 0 Å². The maximum atomic E-state index is 13.4. The van der Waals surface area contributed by atoms with Gasteiger partial charge in [-0.05, 0) is 35.1 Å². The predicted octanol–water partition coefficient (Wildman–Crippen LogP) is -4.33. The number of carbonyl (C=O) groups excluding carboxylic acids is 2. The van der Waals surface area contributed by atoms with Crippen molar-refractivity contribution in [3.8, 4) is 0 Å². The number of hydrogen-bond donors (Lipinski definition) is 2. The minimum Gasteiger partial charge on any atom is -0.744 e. The second-order valence-corrected chi connectivity index (χ2v) is 14.8. The van der Waals surface area contributed by atoms with Crippen LogP contribution in [0.15, 0.2) is 64.4 Å². The summed E-state index contributed by atoms with van der Waals surface area (Å²) in [7, 11) is -14.0. The molecule has 0 aliphatic heterocycles. The molecule has 0 aromatic heterocycles. The molecular formula is C22H16KN2NaO10S4. The summed E-state index contributed by atoms with van der Waals surface area (Å²) in [6, 6.07) is 11.6. The Bertz CT molecular complexity index is 1850. The van der Waals surface area contributed by atoms with Crippen LogP contribution in [0, 0.1) is 0 Å². The van der Waals surface area contributed by atoms with E-state index in [2.05, 4.69) is 5.32 Å². The topological polar surface area (TPSA) is 221 Å². The van der Waals surface area contributed by atoms with E-state index in [1.54, 1.807) is 0 Å². The second kappa shape index (κ2) is 13.3. The van der Waals surface area contributed by atoms with Crippen molar-refractivity contribution in [3.63, 3.8) is 0 Å². The number of fused-ring (bicyclic) bond motifs is 2. The number of nitrogens with one attached hydrogen (secondary N) is 1. The zero-order valence-corrected chi connectivity index (χ0v) is 29.3. The maximum Gasteiger partial charge on any atom is 1.00 e. The Morgan fingerprint density at radius 3 is 1.95 bits per heavy atom. The van der Waals surface area contributed by atoms with Gasteiger partial charge in [0.15, 0.2) is 21.4 Å². The van der Waals surface area contributed by atoms with Gasteiger partial charge in [0.05, 0.1) is 38.0 Å². The Balaban J connectivity index is 0.00000280. The third-order valence-electron chi connectivity index (χ3n) is 5.52. The minimum atomic E-state index is -5.21. The Morgan fingerprint density at radius 2 is 1.40 bits per heavy atom. The first-order valence-corrected chi connectivity index (χ1v) is 16.4. The van der Waals surface area contributed by atoms with Gasteiger partial charge in [0, 0.05) is 22.6 Å². The van der Waals surface area contributed by atoms with E-state index in [9.17, 15) is 43.9 Å². The third-order valence-corrected chi connectivity index (χ3v) is 10.4. The molecule has 3 aromatic carbocycles. The first kappa shape index (κ1) is 35.6. The summed E-state index contributed by atoms with van der Waals surface area (Å²) in [6.45, 7) is 0. The van der Waals surface area contributed by atoms with Gasteiger partial charge in [-0.3, -0.25) is 9.59 Å². The van der Waals surface area contributed by atoms with Crippen LogP contribution in [-0.4, -0.2) is 57.4 Å². The summed E-state index contributed by atoms with van der Waals surface area (Å²) in [5.74, 6) is -2.65. The molecule has 12 nitrogen and oxygen atoms in total. The average molecular weight is 659 g/mol. The van der Waals surface area contributed by atoms with Gasteiger partial charge < -0.3 is 20.2 Å². The van der Waals surface area contributed by atoms with Gasteiger partial charge in [0.25, 0.3) is 0 Å². The standard InChI is InChI=1S/C22H18N2O10S4.K.Na/c23-20-17(37(29,30)31)11-16(18-19(20)22(26)15-7-2-1-6-14(15)21(18)25)24-12-4-3-5-13(10-12)36(27,28)9-8-35-38(32,33)34;;/h1-7,10-11,24H,8-9,23H2,(H,29,30,31)(H,32,33,34);;/q;2*+1/p-2. The van der Waals surface area contributed by atoms with Crippen LogP contribution in [0.1, 0.15) is 31.8 Å². The fraction of sp³-hybridized carbons (Fsp3) is 0.0909. The molecule has 0 spiro atoms. The van der Waals surface area contributed by atoms with Crippen molar-refractivity contribution in [2.75, 3.05) is 22.6 Å². The number of hydrogen-bond acceptors (Lipinski definition) is 13. The number of sulfone groups is 1. The van der Waals surface area contributed by atoms with Crippen LogP contribution in [-0.2, 0) is 29.1 Å². The molecule has 1 aliphatic carbocycles. The fourth-order valence-corrected chi connectivity index (χ4v) is 7.93. The van der Waals surface area contributed by atoms with E-state index >= 15 is 0 Å². The number of ketones is 2. The number of anilines is 3. The van der Waals surface area contributed by atoms with Crippen molar-refractivity contribution in [1.82, 2.24) is 0 Å². The first-order valence-electron chi connectivity index (χ1n) is 10.4. The largest absolute Gasteiger partial charge is 1.00 e. The number of rotatable bonds is 8. The van der Waals surface area contributed by atoms with Crippen molar-refractivity contribution >= 4 is 68.5 Å². The van der Waals surface area contributed by atoms with Gasteiger partial charge in [-0.25, -0.2) is 25.3 Å². The van der Waals surface area contributed by atoms with Gasteiger partial charge in [0.1, 0.15) is 19.3 Å². The molecule has 3 N–H and O–H groups in total. The molecule has 0 radical (unpaired) electrons. The SMILES string of the molecule is Nc1c(S(=O)(=O)[O-])cc(Nc2cccc(S(=O)(=O)CCSS(=O)(=O)[O-])c2)c2c1C(=O)c1ccccc1C2=O.[K+].[Na+]. The summed E-state index contributed by atoms with van der Waals surface area (Å²) in [6.07, 6.45) is 0. The van der Waals surface area contributed by atoms with Crippen molar-refractivity contribution in [3.05, 3.63) is 76.9 Å². The van der Waals surface area contributed by atoms with Gasteiger partial charge >= 0.3 is 80.9 Å². The van der Waals surface area contributed by atoms with Crippen LogP contribution in [0.3, 0.4) is 0 Å². The van der Waals surface area contributed by atoms with E-state index in [0.717, 1.165) is 12.1 Å². The zero-order valence-electron chi connectivity index (χ0n) is 20.9. The number of benzene rings is 3. The van der Waals surface area contributed by atoms with Crippen molar-refractivity contribution < 1.29 is 125 Å². The molecule has 0 amide bonds. The van der Waals surface area contributed by atoms with Crippen LogP contribution in [0.4, 0.5) is 17.1 Å². The Labute approximate surface area is 298 Å². The molecule has 1 aliphatic rings. The normalized spacial score (nSPS) is 12.9. The van der Waals surface area contributed by atoms with Gasteiger partial charge in [0.2, 0.25) is 0 Å². The second-order valence-electron chi connectivity index (χ2n) is 7.95. The summed E-state index contributed by atoms with van der Waals surface area (Å²) >= 11 is 0. The summed E-state index contributed by atoms with van der Waals surface area (Å²) < 4.78 is 93.3. The monoisotopic (exact) mass is 658 g/mol. The predicted molar refractivity (Wildman–Crippen MR) is 136 cm³/mol. The molecule has 0 unspecified atom stereocenters. The van der Waals surface area contributed by atoms with Gasteiger partial charge in [-0.1, -0.05) is 30.3 Å². The summed E-state index contributed by atoms with van der Waals surface area (Å²) in [5.41, 5.74) is 4.16. The van der Waals surface area contributed by atoms with Crippen LogP contribution in [0.5, 0.6) is 0 Å². The van der Waals surface area contributed by atoms with Crippen molar-refractivity contribution in [1.29, 1.82) is 0 Å². The molecule has 0 fully saturated rings. The minimum absolute atomic E-state index is 0. The van der Waals surface area contributed by atoms with Crippen LogP contribution in [0.2, 0.25) is 0 Å². The average Bonchev–Trinajstić information content (AvgIpc) is 2.82. The van der Waals surface area contributed by atoms with Crippen molar-refractivity contribution in [2.24, 2.45) is 0 Å². The molecular weight excluding hydrogens is 643 g/mol.